The Morgan fingerprint density at radius 3 is 2.85 bits per heavy atom. The minimum atomic E-state index is -0.305. The summed E-state index contributed by atoms with van der Waals surface area (Å²) in [7, 11) is 6.03. The summed E-state index contributed by atoms with van der Waals surface area (Å²) in [5, 5.41) is 21.0. The van der Waals surface area contributed by atoms with Crippen LogP contribution in [0.25, 0.3) is 5.65 Å². The molecule has 1 saturated carbocycles. The van der Waals surface area contributed by atoms with Crippen LogP contribution in [-0.2, 0) is 6.54 Å². The van der Waals surface area contributed by atoms with Crippen molar-refractivity contribution in [2.75, 3.05) is 17.2 Å². The van der Waals surface area contributed by atoms with Crippen LogP contribution in [0.2, 0.25) is 0 Å². The van der Waals surface area contributed by atoms with Crippen molar-refractivity contribution in [3.63, 3.8) is 0 Å². The van der Waals surface area contributed by atoms with Crippen LogP contribution in [0.15, 0.2) is 36.8 Å². The van der Waals surface area contributed by atoms with Gasteiger partial charge in [-0.25, -0.2) is 4.98 Å². The van der Waals surface area contributed by atoms with Gasteiger partial charge in [-0.15, -0.1) is 0 Å². The monoisotopic (exact) mass is 348 g/mol. The maximum Gasteiger partial charge on any atom is 0.152 e. The summed E-state index contributed by atoms with van der Waals surface area (Å²) in [6.07, 6.45) is 9.25. The van der Waals surface area contributed by atoms with Crippen LogP contribution in [0, 0.1) is 0 Å². The number of nitrogens with one attached hydrogen (secondary N) is 2. The van der Waals surface area contributed by atoms with E-state index in [-0.39, 0.29) is 12.1 Å². The molecule has 1 aliphatic carbocycles. The average Bonchev–Trinajstić information content (AvgIpc) is 3.29. The Bertz CT molecular complexity index is 891. The van der Waals surface area contributed by atoms with E-state index in [1.54, 1.807) is 16.9 Å². The van der Waals surface area contributed by atoms with Crippen molar-refractivity contribution in [1.29, 1.82) is 0 Å². The van der Waals surface area contributed by atoms with Crippen molar-refractivity contribution in [1.82, 2.24) is 19.6 Å². The van der Waals surface area contributed by atoms with Crippen LogP contribution in [-0.4, -0.2) is 44.7 Å². The molecule has 4 rings (SSSR count). The van der Waals surface area contributed by atoms with Gasteiger partial charge in [0.1, 0.15) is 19.5 Å². The molecule has 26 heavy (non-hydrogen) atoms. The maximum absolute atomic E-state index is 9.87. The summed E-state index contributed by atoms with van der Waals surface area (Å²) in [4.78, 5) is 8.74. The third kappa shape index (κ3) is 3.24. The molecule has 3 heterocycles. The molecule has 3 N–H and O–H groups in total. The summed E-state index contributed by atoms with van der Waals surface area (Å²) >= 11 is 0. The lowest BCUT2D eigenvalue weighted by atomic mass is 9.99. The van der Waals surface area contributed by atoms with Crippen LogP contribution in [0.5, 0.6) is 0 Å². The molecule has 8 heteroatoms. The number of aromatic nitrogens is 4. The predicted octanol–water partition coefficient (Wildman–Crippen LogP) is 1.25. The molecule has 0 spiro atoms. The lowest BCUT2D eigenvalue weighted by molar-refractivity contribution is 0.214. The second-order valence-electron chi connectivity index (χ2n) is 6.85. The molecule has 0 aromatic carbocycles. The summed E-state index contributed by atoms with van der Waals surface area (Å²) in [6, 6.07) is 5.82. The van der Waals surface area contributed by atoms with Crippen LogP contribution in [0.4, 0.5) is 11.6 Å². The van der Waals surface area contributed by atoms with Crippen LogP contribution >= 0.6 is 0 Å². The van der Waals surface area contributed by atoms with Gasteiger partial charge in [0, 0.05) is 31.2 Å². The predicted molar refractivity (Wildman–Crippen MR) is 102 cm³/mol. The number of hydrogen-bond acceptors (Lipinski definition) is 6. The zero-order valence-corrected chi connectivity index (χ0v) is 14.5. The SMILES string of the molecule is [B]c1cnn2c(NCc3cccnc3)cc(NC3(CO)CCCC3)nc12. The van der Waals surface area contributed by atoms with Gasteiger partial charge < -0.3 is 15.7 Å². The molecule has 0 saturated heterocycles. The van der Waals surface area contributed by atoms with Crippen molar-refractivity contribution in [2.24, 2.45) is 0 Å². The summed E-state index contributed by atoms with van der Waals surface area (Å²) in [6.45, 7) is 0.699. The van der Waals surface area contributed by atoms with Gasteiger partial charge in [-0.1, -0.05) is 18.9 Å². The Morgan fingerprint density at radius 1 is 1.27 bits per heavy atom. The average molecular weight is 348 g/mol. The maximum atomic E-state index is 9.87. The molecule has 1 aliphatic rings. The molecule has 0 bridgehead atoms. The van der Waals surface area contributed by atoms with Crippen LogP contribution in [0.3, 0.4) is 0 Å². The highest BCUT2D eigenvalue weighted by molar-refractivity contribution is 6.36. The molecule has 0 aliphatic heterocycles. The minimum absolute atomic E-state index is 0.0903. The fourth-order valence-electron chi connectivity index (χ4n) is 3.51. The van der Waals surface area contributed by atoms with Gasteiger partial charge in [-0.2, -0.15) is 9.61 Å². The second kappa shape index (κ2) is 6.95. The minimum Gasteiger partial charge on any atom is -0.394 e. The van der Waals surface area contributed by atoms with Gasteiger partial charge >= 0.3 is 0 Å². The van der Waals surface area contributed by atoms with Gasteiger partial charge in [-0.05, 0) is 29.9 Å². The molecular weight excluding hydrogens is 327 g/mol. The number of fused-ring (bicyclic) bond motifs is 1. The first-order valence-corrected chi connectivity index (χ1v) is 8.85. The molecule has 0 unspecified atom stereocenters. The Hall–Kier alpha value is -2.61. The Balaban J connectivity index is 1.65. The molecule has 0 amide bonds. The van der Waals surface area contributed by atoms with E-state index in [1.165, 1.54) is 0 Å². The number of rotatable bonds is 6. The van der Waals surface area contributed by atoms with Crippen LogP contribution in [0.1, 0.15) is 31.2 Å². The normalized spacial score (nSPS) is 16.0. The van der Waals surface area contributed by atoms with Crippen molar-refractivity contribution in [3.05, 3.63) is 42.4 Å². The number of pyridine rings is 1. The highest BCUT2D eigenvalue weighted by Gasteiger charge is 2.33. The molecule has 3 aromatic rings. The standard InChI is InChI=1S/C18H21BN6O/c19-14-11-22-25-16(21-10-13-4-3-7-20-9-13)8-15(23-17(14)25)24-18(12-26)5-1-2-6-18/h3-4,7-9,11,21,26H,1-2,5-6,10,12H2,(H,23,24). The van der Waals surface area contributed by atoms with E-state index in [2.05, 4.69) is 25.7 Å². The van der Waals surface area contributed by atoms with Crippen molar-refractivity contribution < 1.29 is 5.11 Å². The molecule has 0 atom stereocenters. The third-order valence-electron chi connectivity index (χ3n) is 4.95. The van der Waals surface area contributed by atoms with E-state index in [1.807, 2.05) is 24.4 Å². The quantitative estimate of drug-likeness (QED) is 0.581. The highest BCUT2D eigenvalue weighted by atomic mass is 16.3. The zero-order chi connectivity index (χ0) is 18.0. The molecule has 2 radical (unpaired) electrons. The van der Waals surface area contributed by atoms with Gasteiger partial charge in [0.25, 0.3) is 0 Å². The fraction of sp³-hybridized carbons (Fsp3) is 0.389. The summed E-state index contributed by atoms with van der Waals surface area (Å²) in [5.74, 6) is 1.47. The van der Waals surface area contributed by atoms with E-state index in [0.717, 1.165) is 37.1 Å². The lowest BCUT2D eigenvalue weighted by Gasteiger charge is -2.29. The Labute approximate surface area is 153 Å². The van der Waals surface area contributed by atoms with Crippen LogP contribution < -0.4 is 16.1 Å². The molecule has 7 nitrogen and oxygen atoms in total. The first-order valence-electron chi connectivity index (χ1n) is 8.85. The smallest absolute Gasteiger partial charge is 0.152 e. The number of anilines is 2. The topological polar surface area (TPSA) is 87.4 Å². The largest absolute Gasteiger partial charge is 0.394 e. The second-order valence-corrected chi connectivity index (χ2v) is 6.85. The van der Waals surface area contributed by atoms with Crippen molar-refractivity contribution >= 4 is 30.6 Å². The fourth-order valence-corrected chi connectivity index (χ4v) is 3.51. The van der Waals surface area contributed by atoms with E-state index >= 15 is 0 Å². The van der Waals surface area contributed by atoms with Gasteiger partial charge in [0.05, 0.1) is 12.1 Å². The van der Waals surface area contributed by atoms with Crippen molar-refractivity contribution in [2.45, 2.75) is 37.8 Å². The number of aliphatic hydroxyl groups excluding tert-OH is 1. The molecule has 3 aromatic heterocycles. The van der Waals surface area contributed by atoms with E-state index in [9.17, 15) is 5.11 Å². The molecular formula is C18H21BN6O. The summed E-state index contributed by atoms with van der Waals surface area (Å²) in [5.41, 5.74) is 1.87. The van der Waals surface area contributed by atoms with Crippen molar-refractivity contribution in [3.8, 4) is 0 Å². The first kappa shape index (κ1) is 16.8. The van der Waals surface area contributed by atoms with Gasteiger partial charge in [0.15, 0.2) is 5.65 Å². The third-order valence-corrected chi connectivity index (χ3v) is 4.95. The number of hydrogen-bond donors (Lipinski definition) is 3. The number of aliphatic hydroxyl groups is 1. The van der Waals surface area contributed by atoms with E-state index in [4.69, 9.17) is 7.85 Å². The van der Waals surface area contributed by atoms with Gasteiger partial charge in [-0.3, -0.25) is 4.98 Å². The summed E-state index contributed by atoms with van der Waals surface area (Å²) < 4.78 is 1.69. The Kier molecular flexibility index (Phi) is 4.50. The zero-order valence-electron chi connectivity index (χ0n) is 14.5. The molecule has 132 valence electrons. The van der Waals surface area contributed by atoms with E-state index in [0.29, 0.717) is 23.5 Å². The number of nitrogens with zero attached hydrogens (tertiary/aromatic N) is 4. The Morgan fingerprint density at radius 2 is 2.12 bits per heavy atom. The first-order chi connectivity index (χ1) is 12.7. The van der Waals surface area contributed by atoms with Gasteiger partial charge in [0.2, 0.25) is 0 Å². The lowest BCUT2D eigenvalue weighted by Crippen LogP contribution is -2.39. The molecule has 1 fully saturated rings. The van der Waals surface area contributed by atoms with E-state index < -0.39 is 0 Å². The highest BCUT2D eigenvalue weighted by Crippen LogP contribution is 2.32.